The van der Waals surface area contributed by atoms with Gasteiger partial charge in [0.15, 0.2) is 5.78 Å². The SMILES string of the molecule is CC(=O)/C=C(/C)O.C[Si](C)(C)c1ccc2c(-c3[c-]c4cc(-c5ccccc5)sc4c(-c4ccccc4)c3)nccc2c1.[Ir]. The fraction of sp³-hybridized carbons (Fsp3) is 0.135. The number of carbonyl (C=O) groups is 1. The van der Waals surface area contributed by atoms with E-state index in [1.54, 1.807) is 0 Å². The van der Waals surface area contributed by atoms with Crippen molar-refractivity contribution in [2.45, 2.75) is 33.5 Å². The van der Waals surface area contributed by atoms with E-state index in [4.69, 9.17) is 10.1 Å². The number of allylic oxidation sites excluding steroid dienone is 2. The van der Waals surface area contributed by atoms with E-state index in [0.717, 1.165) is 16.6 Å². The van der Waals surface area contributed by atoms with Crippen LogP contribution in [-0.2, 0) is 24.9 Å². The molecule has 0 aliphatic heterocycles. The average Bonchev–Trinajstić information content (AvgIpc) is 3.40. The number of pyridine rings is 1. The van der Waals surface area contributed by atoms with Crippen molar-refractivity contribution in [2.24, 2.45) is 0 Å². The first-order valence-electron chi connectivity index (χ1n) is 14.0. The predicted octanol–water partition coefficient (Wildman–Crippen LogP) is 9.83. The second-order valence-corrected chi connectivity index (χ2v) is 17.6. The largest absolute Gasteiger partial charge is 0.512 e. The van der Waals surface area contributed by atoms with Crippen molar-refractivity contribution in [3.63, 3.8) is 0 Å². The van der Waals surface area contributed by atoms with E-state index in [0.29, 0.717) is 0 Å². The van der Waals surface area contributed by atoms with E-state index < -0.39 is 8.07 Å². The molecule has 0 saturated heterocycles. The minimum absolute atomic E-state index is 0. The monoisotopic (exact) mass is 777 g/mol. The van der Waals surface area contributed by atoms with Crippen LogP contribution in [0.15, 0.2) is 115 Å². The van der Waals surface area contributed by atoms with Gasteiger partial charge < -0.3 is 5.11 Å². The minimum Gasteiger partial charge on any atom is -0.512 e. The number of benzene rings is 4. The summed E-state index contributed by atoms with van der Waals surface area (Å²) in [6.45, 7) is 10.0. The number of rotatable bonds is 5. The summed E-state index contributed by atoms with van der Waals surface area (Å²) in [5.74, 6) is -0.0625. The van der Waals surface area contributed by atoms with Gasteiger partial charge in [0, 0.05) is 38.1 Å². The normalized spacial score (nSPS) is 11.5. The smallest absolute Gasteiger partial charge is 0.155 e. The second-order valence-electron chi connectivity index (χ2n) is 11.4. The fourth-order valence-corrected chi connectivity index (χ4v) is 7.26. The Kier molecular flexibility index (Phi) is 10.3. The maximum Gasteiger partial charge on any atom is 0.155 e. The molecule has 6 heteroatoms. The predicted molar refractivity (Wildman–Crippen MR) is 182 cm³/mol. The van der Waals surface area contributed by atoms with Gasteiger partial charge in [0.2, 0.25) is 0 Å². The van der Waals surface area contributed by atoms with E-state index in [2.05, 4.69) is 123 Å². The molecule has 2 aromatic heterocycles. The van der Waals surface area contributed by atoms with Gasteiger partial charge in [-0.1, -0.05) is 115 Å². The van der Waals surface area contributed by atoms with Gasteiger partial charge in [-0.25, -0.2) is 0 Å². The molecule has 0 aliphatic rings. The number of hydrogen-bond donors (Lipinski definition) is 1. The first-order valence-corrected chi connectivity index (χ1v) is 18.3. The van der Waals surface area contributed by atoms with Gasteiger partial charge in [-0.3, -0.25) is 9.78 Å². The topological polar surface area (TPSA) is 50.2 Å². The molecule has 6 rings (SSSR count). The molecule has 6 aromatic rings. The Bertz CT molecular complexity index is 1900. The van der Waals surface area contributed by atoms with Crippen molar-refractivity contribution >= 4 is 51.2 Å². The van der Waals surface area contributed by atoms with Gasteiger partial charge >= 0.3 is 0 Å². The molecule has 0 atom stereocenters. The molecule has 3 nitrogen and oxygen atoms in total. The summed E-state index contributed by atoms with van der Waals surface area (Å²) in [6, 6.07) is 38.6. The van der Waals surface area contributed by atoms with Crippen LogP contribution in [0.2, 0.25) is 19.6 Å². The van der Waals surface area contributed by atoms with Crippen LogP contribution in [0.4, 0.5) is 0 Å². The van der Waals surface area contributed by atoms with Crippen LogP contribution in [0.5, 0.6) is 0 Å². The maximum absolute atomic E-state index is 10.0. The van der Waals surface area contributed by atoms with Crippen molar-refractivity contribution in [1.82, 2.24) is 4.98 Å². The standard InChI is InChI=1S/C32H26NSSi.C5H8O2.Ir/c1-35(2,3)27-14-15-28-24(19-27)16-17-33-31(28)25-18-26-21-30(23-12-8-5-9-13-23)34-32(26)29(20-25)22-10-6-4-7-11-22;1-4(6)3-5(2)7;/h4-17,19-21H,1-3H3;3,6H,1-2H3;/q-1;;/b;4-3-;. The summed E-state index contributed by atoms with van der Waals surface area (Å²) in [7, 11) is -1.39. The van der Waals surface area contributed by atoms with Crippen LogP contribution in [-0.4, -0.2) is 23.9 Å². The molecule has 1 N–H and O–H groups in total. The molecule has 0 amide bonds. The number of aromatic nitrogens is 1. The number of aliphatic hydroxyl groups is 1. The quantitative estimate of drug-likeness (QED) is 0.0822. The zero-order chi connectivity index (χ0) is 29.9. The van der Waals surface area contributed by atoms with Crippen molar-refractivity contribution in [2.75, 3.05) is 0 Å². The Morgan fingerprint density at radius 2 is 1.51 bits per heavy atom. The third-order valence-corrected chi connectivity index (χ3v) is 10.2. The molecule has 0 saturated carbocycles. The summed E-state index contributed by atoms with van der Waals surface area (Å²) in [5.41, 5.74) is 5.73. The van der Waals surface area contributed by atoms with Crippen LogP contribution < -0.4 is 5.19 Å². The van der Waals surface area contributed by atoms with E-state index in [1.165, 1.54) is 62.2 Å². The van der Waals surface area contributed by atoms with E-state index in [1.807, 2.05) is 17.5 Å². The maximum atomic E-state index is 10.0. The Hall–Kier alpha value is -3.67. The molecule has 4 aromatic carbocycles. The minimum atomic E-state index is -1.39. The number of hydrogen-bond acceptors (Lipinski definition) is 4. The molecule has 0 fully saturated rings. The summed E-state index contributed by atoms with van der Waals surface area (Å²) in [5, 5.41) is 13.4. The van der Waals surface area contributed by atoms with Crippen LogP contribution in [0, 0.1) is 6.07 Å². The first-order chi connectivity index (χ1) is 20.1. The van der Waals surface area contributed by atoms with Gasteiger partial charge in [0.1, 0.15) is 0 Å². The number of aliphatic hydroxyl groups excluding tert-OH is 1. The Balaban J connectivity index is 0.000000475. The number of fused-ring (bicyclic) bond motifs is 2. The zero-order valence-electron chi connectivity index (χ0n) is 24.9. The first kappa shape index (κ1) is 32.2. The van der Waals surface area contributed by atoms with Gasteiger partial charge in [-0.05, 0) is 51.4 Å². The Morgan fingerprint density at radius 1 is 0.860 bits per heavy atom. The molecule has 0 unspecified atom stereocenters. The molecule has 2 heterocycles. The number of carbonyl (C=O) groups excluding carboxylic acids is 1. The molecular formula is C37H34IrNO2SSi-. The summed E-state index contributed by atoms with van der Waals surface area (Å²) in [4.78, 5) is 16.1. The molecule has 0 aliphatic carbocycles. The number of nitrogens with zero attached hydrogens (tertiary/aromatic N) is 1. The third-order valence-electron chi connectivity index (χ3n) is 6.98. The Morgan fingerprint density at radius 3 is 2.09 bits per heavy atom. The summed E-state index contributed by atoms with van der Waals surface area (Å²) in [6.07, 6.45) is 3.11. The second kappa shape index (κ2) is 13.7. The zero-order valence-corrected chi connectivity index (χ0v) is 29.1. The summed E-state index contributed by atoms with van der Waals surface area (Å²) >= 11 is 1.84. The number of ketones is 1. The third kappa shape index (κ3) is 7.65. The van der Waals surface area contributed by atoms with Gasteiger partial charge in [-0.15, -0.1) is 23.6 Å². The van der Waals surface area contributed by atoms with Gasteiger partial charge in [0.05, 0.1) is 13.8 Å². The van der Waals surface area contributed by atoms with Crippen molar-refractivity contribution < 1.29 is 30.0 Å². The molecular weight excluding hydrogens is 743 g/mol. The van der Waals surface area contributed by atoms with Gasteiger partial charge in [-0.2, -0.15) is 11.3 Å². The van der Waals surface area contributed by atoms with Crippen LogP contribution in [0.1, 0.15) is 13.8 Å². The molecule has 1 radical (unpaired) electrons. The summed E-state index contributed by atoms with van der Waals surface area (Å²) < 4.78 is 1.26. The Labute approximate surface area is 272 Å². The molecule has 43 heavy (non-hydrogen) atoms. The van der Waals surface area contributed by atoms with Crippen LogP contribution in [0.25, 0.3) is 53.7 Å². The van der Waals surface area contributed by atoms with Gasteiger partial charge in [0.25, 0.3) is 0 Å². The average molecular weight is 777 g/mol. The van der Waals surface area contributed by atoms with Crippen molar-refractivity contribution in [3.8, 4) is 32.8 Å². The van der Waals surface area contributed by atoms with Crippen LogP contribution >= 0.6 is 11.3 Å². The molecule has 0 bridgehead atoms. The van der Waals surface area contributed by atoms with Crippen molar-refractivity contribution in [3.05, 3.63) is 121 Å². The van der Waals surface area contributed by atoms with E-state index in [-0.39, 0.29) is 31.6 Å². The number of thiophene rings is 1. The van der Waals surface area contributed by atoms with E-state index >= 15 is 0 Å². The van der Waals surface area contributed by atoms with Crippen LogP contribution in [0.3, 0.4) is 0 Å². The van der Waals surface area contributed by atoms with E-state index in [9.17, 15) is 4.79 Å². The molecule has 219 valence electrons. The molecule has 0 spiro atoms. The fourth-order valence-electron chi connectivity index (χ4n) is 4.93. The van der Waals surface area contributed by atoms with Crippen molar-refractivity contribution in [1.29, 1.82) is 0 Å².